The number of hydrogen-bond acceptors (Lipinski definition) is 3. The third-order valence-corrected chi connectivity index (χ3v) is 4.93. The van der Waals surface area contributed by atoms with Crippen LogP contribution in [0, 0.1) is 20.8 Å². The molecule has 1 aromatic rings. The fraction of sp³-hybridized carbons (Fsp3) is 0.667. The van der Waals surface area contributed by atoms with Crippen molar-refractivity contribution in [3.63, 3.8) is 0 Å². The molecule has 0 aromatic heterocycles. The molecule has 1 aromatic carbocycles. The van der Waals surface area contributed by atoms with Crippen molar-refractivity contribution in [2.45, 2.75) is 33.6 Å². The van der Waals surface area contributed by atoms with Crippen LogP contribution in [0.25, 0.3) is 0 Å². The average Bonchev–Trinajstić information content (AvgIpc) is 2.48. The van der Waals surface area contributed by atoms with Crippen LogP contribution in [-0.2, 0) is 6.42 Å². The van der Waals surface area contributed by atoms with Crippen molar-refractivity contribution in [1.29, 1.82) is 0 Å². The Bertz CT molecular complexity index is 477. The van der Waals surface area contributed by atoms with Crippen LogP contribution in [0.15, 0.2) is 6.07 Å². The zero-order valence-electron chi connectivity index (χ0n) is 14.3. The Morgan fingerprint density at radius 3 is 2.33 bits per heavy atom. The Morgan fingerprint density at radius 1 is 1.05 bits per heavy atom. The van der Waals surface area contributed by atoms with Crippen LogP contribution in [0.4, 0.5) is 0 Å². The SMILES string of the molecule is COc1cc(C)c(CCCN2CCN(C)CC2)c(C)c1C. The van der Waals surface area contributed by atoms with E-state index in [1.165, 1.54) is 67.8 Å². The number of methoxy groups -OCH3 is 1. The van der Waals surface area contributed by atoms with Gasteiger partial charge in [0.2, 0.25) is 0 Å². The van der Waals surface area contributed by atoms with E-state index in [0.29, 0.717) is 0 Å². The van der Waals surface area contributed by atoms with Gasteiger partial charge in [0.1, 0.15) is 5.75 Å². The zero-order chi connectivity index (χ0) is 15.4. The Labute approximate surface area is 129 Å². The zero-order valence-corrected chi connectivity index (χ0v) is 14.3. The van der Waals surface area contributed by atoms with Crippen LogP contribution in [0.5, 0.6) is 5.75 Å². The number of likely N-dealkylation sites (N-methyl/N-ethyl adjacent to an activating group) is 1. The fourth-order valence-electron chi connectivity index (χ4n) is 3.25. The number of rotatable bonds is 5. The van der Waals surface area contributed by atoms with E-state index < -0.39 is 0 Å². The predicted molar refractivity (Wildman–Crippen MR) is 89.5 cm³/mol. The van der Waals surface area contributed by atoms with Gasteiger partial charge in [-0.15, -0.1) is 0 Å². The largest absolute Gasteiger partial charge is 0.496 e. The summed E-state index contributed by atoms with van der Waals surface area (Å²) in [5.74, 6) is 1.02. The molecule has 1 heterocycles. The lowest BCUT2D eigenvalue weighted by Crippen LogP contribution is -2.44. The van der Waals surface area contributed by atoms with Gasteiger partial charge in [-0.25, -0.2) is 0 Å². The number of nitrogens with zero attached hydrogens (tertiary/aromatic N) is 2. The van der Waals surface area contributed by atoms with Crippen molar-refractivity contribution in [3.8, 4) is 5.75 Å². The maximum absolute atomic E-state index is 5.46. The molecule has 0 radical (unpaired) electrons. The van der Waals surface area contributed by atoms with E-state index in [1.54, 1.807) is 7.11 Å². The van der Waals surface area contributed by atoms with E-state index in [0.717, 1.165) is 5.75 Å². The van der Waals surface area contributed by atoms with Gasteiger partial charge in [-0.1, -0.05) is 0 Å². The van der Waals surface area contributed by atoms with Crippen LogP contribution < -0.4 is 4.74 Å². The molecule has 3 heteroatoms. The summed E-state index contributed by atoms with van der Waals surface area (Å²) in [6.07, 6.45) is 2.42. The Kier molecular flexibility index (Phi) is 5.65. The van der Waals surface area contributed by atoms with Crippen LogP contribution in [0.2, 0.25) is 0 Å². The predicted octanol–water partition coefficient (Wildman–Crippen LogP) is 2.80. The van der Waals surface area contributed by atoms with Crippen molar-refractivity contribution in [2.75, 3.05) is 46.9 Å². The number of benzene rings is 1. The van der Waals surface area contributed by atoms with Crippen LogP contribution in [0.1, 0.15) is 28.7 Å². The second-order valence-corrected chi connectivity index (χ2v) is 6.37. The molecule has 0 unspecified atom stereocenters. The van der Waals surface area contributed by atoms with Gasteiger partial charge in [-0.2, -0.15) is 0 Å². The quantitative estimate of drug-likeness (QED) is 0.829. The number of piperazine rings is 1. The van der Waals surface area contributed by atoms with Gasteiger partial charge < -0.3 is 14.5 Å². The van der Waals surface area contributed by atoms with E-state index in [4.69, 9.17) is 4.74 Å². The van der Waals surface area contributed by atoms with Crippen molar-refractivity contribution in [2.24, 2.45) is 0 Å². The molecular weight excluding hydrogens is 260 g/mol. The Morgan fingerprint density at radius 2 is 1.71 bits per heavy atom. The summed E-state index contributed by atoms with van der Waals surface area (Å²) >= 11 is 0. The second-order valence-electron chi connectivity index (χ2n) is 6.37. The van der Waals surface area contributed by atoms with Gasteiger partial charge in [-0.3, -0.25) is 0 Å². The molecule has 0 bridgehead atoms. The van der Waals surface area contributed by atoms with Gasteiger partial charge in [0.25, 0.3) is 0 Å². The maximum atomic E-state index is 5.46. The summed E-state index contributed by atoms with van der Waals surface area (Å²) in [6, 6.07) is 2.19. The first-order chi connectivity index (χ1) is 10.0. The van der Waals surface area contributed by atoms with Crippen molar-refractivity contribution >= 4 is 0 Å². The normalized spacial score (nSPS) is 17.2. The van der Waals surface area contributed by atoms with Gasteiger partial charge in [-0.05, 0) is 75.5 Å². The first kappa shape index (κ1) is 16.3. The highest BCUT2D eigenvalue weighted by Crippen LogP contribution is 2.28. The molecule has 2 rings (SSSR count). The molecule has 0 aliphatic carbocycles. The minimum absolute atomic E-state index is 1.02. The molecule has 3 nitrogen and oxygen atoms in total. The van der Waals surface area contributed by atoms with E-state index in [2.05, 4.69) is 43.7 Å². The lowest BCUT2D eigenvalue weighted by Gasteiger charge is -2.32. The second kappa shape index (κ2) is 7.28. The van der Waals surface area contributed by atoms with Gasteiger partial charge >= 0.3 is 0 Å². The lowest BCUT2D eigenvalue weighted by molar-refractivity contribution is 0.153. The summed E-state index contributed by atoms with van der Waals surface area (Å²) in [6.45, 7) is 12.7. The van der Waals surface area contributed by atoms with Crippen molar-refractivity contribution in [1.82, 2.24) is 9.80 Å². The van der Waals surface area contributed by atoms with E-state index in [-0.39, 0.29) is 0 Å². The maximum Gasteiger partial charge on any atom is 0.122 e. The van der Waals surface area contributed by atoms with E-state index in [1.807, 2.05) is 0 Å². The Balaban J connectivity index is 1.93. The highest BCUT2D eigenvalue weighted by molar-refractivity contribution is 5.48. The lowest BCUT2D eigenvalue weighted by atomic mass is 9.94. The fourth-order valence-corrected chi connectivity index (χ4v) is 3.25. The summed E-state index contributed by atoms with van der Waals surface area (Å²) in [5.41, 5.74) is 5.58. The highest BCUT2D eigenvalue weighted by atomic mass is 16.5. The van der Waals surface area contributed by atoms with Crippen LogP contribution in [0.3, 0.4) is 0 Å². The third-order valence-electron chi connectivity index (χ3n) is 4.93. The van der Waals surface area contributed by atoms with Crippen molar-refractivity contribution < 1.29 is 4.74 Å². The summed E-state index contributed by atoms with van der Waals surface area (Å²) < 4.78 is 5.46. The smallest absolute Gasteiger partial charge is 0.122 e. The number of aryl methyl sites for hydroxylation is 1. The number of ether oxygens (including phenoxy) is 1. The minimum atomic E-state index is 1.02. The van der Waals surface area contributed by atoms with E-state index in [9.17, 15) is 0 Å². The monoisotopic (exact) mass is 290 g/mol. The van der Waals surface area contributed by atoms with Gasteiger partial charge in [0.05, 0.1) is 7.11 Å². The highest BCUT2D eigenvalue weighted by Gasteiger charge is 2.14. The molecule has 21 heavy (non-hydrogen) atoms. The summed E-state index contributed by atoms with van der Waals surface area (Å²) in [7, 11) is 3.97. The van der Waals surface area contributed by atoms with Crippen molar-refractivity contribution in [3.05, 3.63) is 28.3 Å². The molecule has 1 fully saturated rings. The molecule has 0 spiro atoms. The summed E-state index contributed by atoms with van der Waals surface area (Å²) in [4.78, 5) is 5.01. The topological polar surface area (TPSA) is 15.7 Å². The van der Waals surface area contributed by atoms with Crippen LogP contribution in [-0.4, -0.2) is 56.7 Å². The minimum Gasteiger partial charge on any atom is -0.496 e. The molecular formula is C18H30N2O. The number of hydrogen-bond donors (Lipinski definition) is 0. The first-order valence-electron chi connectivity index (χ1n) is 8.07. The van der Waals surface area contributed by atoms with Gasteiger partial charge in [0.15, 0.2) is 0 Å². The molecule has 1 aliphatic rings. The third kappa shape index (κ3) is 3.98. The molecule has 0 saturated carbocycles. The molecule has 0 atom stereocenters. The molecule has 0 amide bonds. The van der Waals surface area contributed by atoms with E-state index >= 15 is 0 Å². The average molecular weight is 290 g/mol. The summed E-state index contributed by atoms with van der Waals surface area (Å²) in [5, 5.41) is 0. The molecule has 0 N–H and O–H groups in total. The molecule has 1 aliphatic heterocycles. The van der Waals surface area contributed by atoms with Gasteiger partial charge in [0, 0.05) is 26.2 Å². The molecule has 1 saturated heterocycles. The first-order valence-corrected chi connectivity index (χ1v) is 8.07. The molecule has 118 valence electrons. The Hall–Kier alpha value is -1.06. The standard InChI is InChI=1S/C18H30N2O/c1-14-13-18(21-5)16(3)15(2)17(14)7-6-8-20-11-9-19(4)10-12-20/h13H,6-12H2,1-5H3. The van der Waals surface area contributed by atoms with Crippen LogP contribution >= 0.6 is 0 Å².